The van der Waals surface area contributed by atoms with Crippen molar-refractivity contribution in [2.24, 2.45) is 5.73 Å². The van der Waals surface area contributed by atoms with Gasteiger partial charge in [-0.25, -0.2) is 9.36 Å². The molecule has 0 aliphatic carbocycles. The second kappa shape index (κ2) is 6.14. The summed E-state index contributed by atoms with van der Waals surface area (Å²) in [6.45, 7) is 1.35. The van der Waals surface area contributed by atoms with E-state index in [4.69, 9.17) is 10.5 Å². The molecule has 0 aliphatic rings. The van der Waals surface area contributed by atoms with Crippen LogP contribution in [0, 0.1) is 0 Å². The highest BCUT2D eigenvalue weighted by Crippen LogP contribution is 2.08. The van der Waals surface area contributed by atoms with Crippen LogP contribution in [0.4, 0.5) is 0 Å². The van der Waals surface area contributed by atoms with Gasteiger partial charge in [0, 0.05) is 12.7 Å². The minimum absolute atomic E-state index is 0.331. The van der Waals surface area contributed by atoms with Crippen LogP contribution in [-0.2, 0) is 13.1 Å². The molecular weight excluding hydrogens is 270 g/mol. The number of nitrogens with zero attached hydrogens (tertiary/aromatic N) is 6. The highest BCUT2D eigenvalue weighted by molar-refractivity contribution is 5.29. The van der Waals surface area contributed by atoms with Crippen molar-refractivity contribution in [1.82, 2.24) is 29.8 Å². The molecule has 0 bridgehead atoms. The quantitative estimate of drug-likeness (QED) is 0.704. The summed E-state index contributed by atoms with van der Waals surface area (Å²) in [5, 5.41) is 12.1. The molecule has 0 aliphatic heterocycles. The van der Waals surface area contributed by atoms with E-state index in [9.17, 15) is 0 Å². The Morgan fingerprint density at radius 2 is 2.05 bits per heavy atom. The third-order valence-corrected chi connectivity index (χ3v) is 2.84. The molecule has 0 saturated carbocycles. The van der Waals surface area contributed by atoms with E-state index in [0.717, 1.165) is 11.4 Å². The Morgan fingerprint density at radius 1 is 1.19 bits per heavy atom. The number of hydrogen-bond acceptors (Lipinski definition) is 6. The van der Waals surface area contributed by atoms with Crippen molar-refractivity contribution < 1.29 is 4.74 Å². The first kappa shape index (κ1) is 13.3. The Bertz CT molecular complexity index is 691. The average molecular weight is 285 g/mol. The molecule has 0 amide bonds. The van der Waals surface area contributed by atoms with Crippen molar-refractivity contribution in [3.05, 3.63) is 48.5 Å². The molecule has 0 radical (unpaired) electrons. The number of rotatable bonds is 6. The van der Waals surface area contributed by atoms with Gasteiger partial charge in [0.05, 0.1) is 17.9 Å². The zero-order valence-electron chi connectivity index (χ0n) is 11.3. The average Bonchev–Trinajstić information content (AvgIpc) is 3.17. The Morgan fingerprint density at radius 3 is 2.81 bits per heavy atom. The molecule has 1 aromatic carbocycles. The Balaban J connectivity index is 1.55. The topological polar surface area (TPSA) is 96.7 Å². The fourth-order valence-electron chi connectivity index (χ4n) is 1.79. The smallest absolute Gasteiger partial charge is 0.335 e. The van der Waals surface area contributed by atoms with E-state index in [1.807, 2.05) is 30.3 Å². The predicted molar refractivity (Wildman–Crippen MR) is 74.8 cm³/mol. The SMILES string of the molecule is NCc1cn(CCOc2ncn(-c3ccccc3)n2)nn1. The van der Waals surface area contributed by atoms with Crippen LogP contribution >= 0.6 is 0 Å². The van der Waals surface area contributed by atoms with Gasteiger partial charge in [-0.2, -0.15) is 4.98 Å². The van der Waals surface area contributed by atoms with Gasteiger partial charge in [-0.3, -0.25) is 0 Å². The van der Waals surface area contributed by atoms with Crippen LogP contribution in [0.5, 0.6) is 6.01 Å². The summed E-state index contributed by atoms with van der Waals surface area (Å²) in [4.78, 5) is 4.11. The van der Waals surface area contributed by atoms with Crippen molar-refractivity contribution in [1.29, 1.82) is 0 Å². The van der Waals surface area contributed by atoms with Crippen molar-refractivity contribution in [3.63, 3.8) is 0 Å². The van der Waals surface area contributed by atoms with Gasteiger partial charge in [-0.15, -0.1) is 10.2 Å². The molecule has 2 aromatic heterocycles. The molecule has 0 saturated heterocycles. The van der Waals surface area contributed by atoms with E-state index >= 15 is 0 Å². The van der Waals surface area contributed by atoms with Crippen LogP contribution < -0.4 is 10.5 Å². The first-order valence-corrected chi connectivity index (χ1v) is 6.54. The molecule has 8 nitrogen and oxygen atoms in total. The molecule has 21 heavy (non-hydrogen) atoms. The van der Waals surface area contributed by atoms with Crippen LogP contribution in [-0.4, -0.2) is 36.4 Å². The van der Waals surface area contributed by atoms with Crippen LogP contribution in [0.3, 0.4) is 0 Å². The highest BCUT2D eigenvalue weighted by Gasteiger charge is 2.04. The Hall–Kier alpha value is -2.74. The molecule has 8 heteroatoms. The highest BCUT2D eigenvalue weighted by atomic mass is 16.5. The van der Waals surface area contributed by atoms with Gasteiger partial charge in [0.1, 0.15) is 12.9 Å². The van der Waals surface area contributed by atoms with E-state index in [1.54, 1.807) is 21.9 Å². The summed E-state index contributed by atoms with van der Waals surface area (Å²) in [5.41, 5.74) is 7.16. The molecular formula is C13H15N7O. The van der Waals surface area contributed by atoms with E-state index in [0.29, 0.717) is 25.7 Å². The maximum Gasteiger partial charge on any atom is 0.335 e. The molecule has 2 heterocycles. The maximum atomic E-state index is 5.49. The predicted octanol–water partition coefficient (Wildman–Crippen LogP) is 0.396. The number of ether oxygens (including phenoxy) is 1. The van der Waals surface area contributed by atoms with Gasteiger partial charge in [-0.05, 0) is 12.1 Å². The van der Waals surface area contributed by atoms with Crippen molar-refractivity contribution >= 4 is 0 Å². The normalized spacial score (nSPS) is 10.7. The summed E-state index contributed by atoms with van der Waals surface area (Å²) in [5.74, 6) is 0. The third kappa shape index (κ3) is 3.23. The molecule has 0 atom stereocenters. The number of benzene rings is 1. The number of nitrogens with two attached hydrogens (primary N) is 1. The maximum absolute atomic E-state index is 5.49. The largest absolute Gasteiger partial charge is 0.460 e. The van der Waals surface area contributed by atoms with Gasteiger partial charge < -0.3 is 10.5 Å². The summed E-state index contributed by atoms with van der Waals surface area (Å²) in [6.07, 6.45) is 3.41. The van der Waals surface area contributed by atoms with Gasteiger partial charge in [-0.1, -0.05) is 23.4 Å². The summed E-state index contributed by atoms with van der Waals surface area (Å²) < 4.78 is 8.83. The molecule has 108 valence electrons. The van der Waals surface area contributed by atoms with Crippen molar-refractivity contribution in [3.8, 4) is 11.7 Å². The number of para-hydroxylation sites is 1. The number of aromatic nitrogens is 6. The Kier molecular flexibility index (Phi) is 3.88. The fraction of sp³-hybridized carbons (Fsp3) is 0.231. The lowest BCUT2D eigenvalue weighted by Crippen LogP contribution is -2.09. The van der Waals surface area contributed by atoms with Crippen molar-refractivity contribution in [2.75, 3.05) is 6.61 Å². The minimum Gasteiger partial charge on any atom is -0.460 e. The minimum atomic E-state index is 0.331. The van der Waals surface area contributed by atoms with Gasteiger partial charge in [0.2, 0.25) is 0 Å². The van der Waals surface area contributed by atoms with Crippen LogP contribution in [0.15, 0.2) is 42.9 Å². The van der Waals surface area contributed by atoms with E-state index < -0.39 is 0 Å². The summed E-state index contributed by atoms with van der Waals surface area (Å²) in [7, 11) is 0. The van der Waals surface area contributed by atoms with E-state index in [1.165, 1.54) is 0 Å². The zero-order valence-corrected chi connectivity index (χ0v) is 11.3. The molecule has 2 N–H and O–H groups in total. The zero-order chi connectivity index (χ0) is 14.5. The molecule has 3 rings (SSSR count). The van der Waals surface area contributed by atoms with E-state index in [2.05, 4.69) is 20.4 Å². The first-order chi connectivity index (χ1) is 10.3. The second-order valence-corrected chi connectivity index (χ2v) is 4.33. The lowest BCUT2D eigenvalue weighted by Gasteiger charge is -2.01. The third-order valence-electron chi connectivity index (χ3n) is 2.84. The molecule has 0 spiro atoms. The second-order valence-electron chi connectivity index (χ2n) is 4.33. The lowest BCUT2D eigenvalue weighted by atomic mass is 10.3. The van der Waals surface area contributed by atoms with E-state index in [-0.39, 0.29) is 0 Å². The van der Waals surface area contributed by atoms with Crippen molar-refractivity contribution in [2.45, 2.75) is 13.1 Å². The first-order valence-electron chi connectivity index (χ1n) is 6.54. The van der Waals surface area contributed by atoms with Gasteiger partial charge in [0.15, 0.2) is 0 Å². The van der Waals surface area contributed by atoms with Crippen LogP contribution in [0.1, 0.15) is 5.69 Å². The van der Waals surface area contributed by atoms with Gasteiger partial charge in [0.25, 0.3) is 0 Å². The van der Waals surface area contributed by atoms with Crippen LogP contribution in [0.2, 0.25) is 0 Å². The molecule has 0 unspecified atom stereocenters. The fourth-order valence-corrected chi connectivity index (χ4v) is 1.79. The molecule has 3 aromatic rings. The number of hydrogen-bond donors (Lipinski definition) is 1. The summed E-state index contributed by atoms with van der Waals surface area (Å²) in [6, 6.07) is 10.1. The lowest BCUT2D eigenvalue weighted by molar-refractivity contribution is 0.268. The summed E-state index contributed by atoms with van der Waals surface area (Å²) >= 11 is 0. The van der Waals surface area contributed by atoms with Gasteiger partial charge >= 0.3 is 6.01 Å². The molecule has 0 fully saturated rings. The Labute approximate surface area is 121 Å². The van der Waals surface area contributed by atoms with Crippen LogP contribution in [0.25, 0.3) is 5.69 Å². The monoisotopic (exact) mass is 285 g/mol. The standard InChI is InChI=1S/C13H15N7O/c14-8-11-9-19(18-16-11)6-7-21-13-15-10-20(17-13)12-4-2-1-3-5-12/h1-5,9-10H,6-8,14H2.